The van der Waals surface area contributed by atoms with Gasteiger partial charge in [0.05, 0.1) is 13.2 Å². The normalized spacial score (nSPS) is 12.9. The number of unbranched alkanes of at least 4 members (excludes halogenated alkanes) is 28. The van der Waals surface area contributed by atoms with Gasteiger partial charge >= 0.3 is 11.9 Å². The van der Waals surface area contributed by atoms with E-state index < -0.39 is 58.4 Å². The molecule has 0 amide bonds. The summed E-state index contributed by atoms with van der Waals surface area (Å²) in [4.78, 5) is 35.9. The van der Waals surface area contributed by atoms with Gasteiger partial charge in [0.25, 0.3) is 7.82 Å². The second-order valence-electron chi connectivity index (χ2n) is 15.1. The molecule has 2 atom stereocenters. The predicted octanol–water partition coefficient (Wildman–Crippen LogP) is 10.8. The number of rotatable bonds is 42. The Kier molecular flexibility index (Phi) is 38.5. The number of hydrogen-bond acceptors (Lipinski definition) is 10. The van der Waals surface area contributed by atoms with E-state index in [4.69, 9.17) is 9.47 Å². The SMILES string of the molecule is CCCCCCCCCCCCCCCCCC(=O)OC[C@H](O)COP(=O)([O-])OC[C@@H](O)COC(=O)CCCCCCCCCCCCCCCCC. The third-order valence-electron chi connectivity index (χ3n) is 9.69. The second kappa shape index (κ2) is 39.2. The molecule has 0 aliphatic rings. The maximum Gasteiger partial charge on any atom is 0.305 e. The summed E-state index contributed by atoms with van der Waals surface area (Å²) in [6.45, 7) is 2.40. The van der Waals surface area contributed by atoms with Gasteiger partial charge in [-0.3, -0.25) is 14.2 Å². The molecular formula is C42H82O10P-. The highest BCUT2D eigenvalue weighted by Gasteiger charge is 2.18. The Morgan fingerprint density at radius 2 is 0.660 bits per heavy atom. The first kappa shape index (κ1) is 52.0. The zero-order valence-corrected chi connectivity index (χ0v) is 35.1. The van der Waals surface area contributed by atoms with Crippen molar-refractivity contribution in [1.82, 2.24) is 0 Å². The molecule has 0 unspecified atom stereocenters. The molecule has 11 heteroatoms. The minimum absolute atomic E-state index is 0.247. The van der Waals surface area contributed by atoms with Gasteiger partial charge in [-0.2, -0.15) is 0 Å². The van der Waals surface area contributed by atoms with Crippen molar-refractivity contribution in [3.63, 3.8) is 0 Å². The summed E-state index contributed by atoms with van der Waals surface area (Å²) in [6, 6.07) is 0. The average molecular weight is 778 g/mol. The number of phosphoric acid groups is 1. The number of aliphatic hydroxyl groups excluding tert-OH is 2. The summed E-state index contributed by atoms with van der Waals surface area (Å²) in [5, 5.41) is 19.9. The summed E-state index contributed by atoms with van der Waals surface area (Å²) in [5.41, 5.74) is 0. The summed E-state index contributed by atoms with van der Waals surface area (Å²) in [6.07, 6.45) is 34.9. The van der Waals surface area contributed by atoms with E-state index in [1.807, 2.05) is 0 Å². The van der Waals surface area contributed by atoms with Crippen LogP contribution in [-0.2, 0) is 32.7 Å². The van der Waals surface area contributed by atoms with Crippen molar-refractivity contribution in [2.75, 3.05) is 26.4 Å². The van der Waals surface area contributed by atoms with Gasteiger partial charge in [0.1, 0.15) is 25.4 Å². The number of aliphatic hydroxyl groups is 2. The Bertz CT molecular complexity index is 794. The van der Waals surface area contributed by atoms with Crippen molar-refractivity contribution in [2.24, 2.45) is 0 Å². The predicted molar refractivity (Wildman–Crippen MR) is 213 cm³/mol. The van der Waals surface area contributed by atoms with Crippen LogP contribution in [-0.4, -0.2) is 60.8 Å². The molecule has 53 heavy (non-hydrogen) atoms. The van der Waals surface area contributed by atoms with Gasteiger partial charge < -0.3 is 33.6 Å². The van der Waals surface area contributed by atoms with Crippen molar-refractivity contribution >= 4 is 19.8 Å². The summed E-state index contributed by atoms with van der Waals surface area (Å²) < 4.78 is 31.4. The lowest BCUT2D eigenvalue weighted by Crippen LogP contribution is -2.27. The van der Waals surface area contributed by atoms with Gasteiger partial charge in [-0.1, -0.05) is 194 Å². The minimum atomic E-state index is -4.84. The fraction of sp³-hybridized carbons (Fsp3) is 0.952. The standard InChI is InChI=1S/C42H83O10P/c1-3-5-7-9-11-13-15-17-19-21-23-25-27-29-31-33-41(45)49-35-39(43)37-51-53(47,48)52-38-40(44)36-50-42(46)34-32-30-28-26-24-22-20-18-16-14-12-10-8-6-4-2/h39-40,43-44H,3-38H2,1-2H3,(H,47,48)/p-1/t39-,40-/m0/s1. The molecule has 0 rings (SSSR count). The molecule has 0 bridgehead atoms. The van der Waals surface area contributed by atoms with Crippen LogP contribution in [0.3, 0.4) is 0 Å². The van der Waals surface area contributed by atoms with E-state index in [0.717, 1.165) is 25.7 Å². The molecule has 0 saturated carbocycles. The maximum absolute atomic E-state index is 12.0. The largest absolute Gasteiger partial charge is 0.756 e. The highest BCUT2D eigenvalue weighted by molar-refractivity contribution is 7.45. The smallest absolute Gasteiger partial charge is 0.305 e. The Labute approximate surface area is 324 Å². The summed E-state index contributed by atoms with van der Waals surface area (Å²) >= 11 is 0. The fourth-order valence-electron chi connectivity index (χ4n) is 6.29. The van der Waals surface area contributed by atoms with Crippen LogP contribution < -0.4 is 4.89 Å². The average Bonchev–Trinajstić information content (AvgIpc) is 3.14. The van der Waals surface area contributed by atoms with Gasteiger partial charge in [-0.15, -0.1) is 0 Å². The number of carbonyl (C=O) groups excluding carboxylic acids is 2. The van der Waals surface area contributed by atoms with Crippen LogP contribution >= 0.6 is 7.82 Å². The van der Waals surface area contributed by atoms with Gasteiger partial charge in [-0.25, -0.2) is 0 Å². The highest BCUT2D eigenvalue weighted by Crippen LogP contribution is 2.38. The lowest BCUT2D eigenvalue weighted by Gasteiger charge is -2.25. The zero-order valence-electron chi connectivity index (χ0n) is 34.2. The van der Waals surface area contributed by atoms with E-state index in [1.165, 1.54) is 154 Å². The number of carbonyl (C=O) groups is 2. The zero-order chi connectivity index (χ0) is 39.1. The van der Waals surface area contributed by atoms with Crippen molar-refractivity contribution in [3.8, 4) is 0 Å². The topological polar surface area (TPSA) is 152 Å². The van der Waals surface area contributed by atoms with Gasteiger partial charge in [0, 0.05) is 12.8 Å². The molecule has 0 aromatic rings. The van der Waals surface area contributed by atoms with Crippen LogP contribution in [0.15, 0.2) is 0 Å². The molecule has 0 saturated heterocycles. The number of esters is 2. The van der Waals surface area contributed by atoms with Gasteiger partial charge in [0.2, 0.25) is 0 Å². The van der Waals surface area contributed by atoms with Crippen molar-refractivity contribution < 1.29 is 47.8 Å². The molecule has 0 spiro atoms. The van der Waals surface area contributed by atoms with E-state index >= 15 is 0 Å². The fourth-order valence-corrected chi connectivity index (χ4v) is 7.08. The van der Waals surface area contributed by atoms with Gasteiger partial charge in [0.15, 0.2) is 0 Å². The Hall–Kier alpha value is -1.03. The molecular weight excluding hydrogens is 695 g/mol. The Morgan fingerprint density at radius 1 is 0.434 bits per heavy atom. The van der Waals surface area contributed by atoms with Crippen molar-refractivity contribution in [1.29, 1.82) is 0 Å². The first-order chi connectivity index (χ1) is 25.7. The molecule has 2 N–H and O–H groups in total. The lowest BCUT2D eigenvalue weighted by molar-refractivity contribution is -0.229. The third kappa shape index (κ3) is 40.5. The summed E-state index contributed by atoms with van der Waals surface area (Å²) in [7, 11) is -4.84. The Morgan fingerprint density at radius 3 is 0.906 bits per heavy atom. The van der Waals surface area contributed by atoms with Crippen LogP contribution in [0, 0.1) is 0 Å². The van der Waals surface area contributed by atoms with Crippen LogP contribution in [0.2, 0.25) is 0 Å². The first-order valence-corrected chi connectivity index (χ1v) is 23.4. The second-order valence-corrected chi connectivity index (χ2v) is 16.5. The molecule has 0 heterocycles. The molecule has 0 aliphatic carbocycles. The van der Waals surface area contributed by atoms with Crippen LogP contribution in [0.5, 0.6) is 0 Å². The van der Waals surface area contributed by atoms with E-state index in [-0.39, 0.29) is 12.8 Å². The molecule has 0 fully saturated rings. The highest BCUT2D eigenvalue weighted by atomic mass is 31.2. The summed E-state index contributed by atoms with van der Waals surface area (Å²) in [5.74, 6) is -0.893. The van der Waals surface area contributed by atoms with Crippen LogP contribution in [0.4, 0.5) is 0 Å². The molecule has 316 valence electrons. The molecule has 0 radical (unpaired) electrons. The number of hydrogen-bond donors (Lipinski definition) is 2. The number of phosphoric ester groups is 1. The number of ether oxygens (including phenoxy) is 2. The molecule has 0 aliphatic heterocycles. The van der Waals surface area contributed by atoms with E-state index in [9.17, 15) is 29.3 Å². The Balaban J connectivity index is 3.65. The van der Waals surface area contributed by atoms with Gasteiger partial charge in [-0.05, 0) is 12.8 Å². The maximum atomic E-state index is 12.0. The lowest BCUT2D eigenvalue weighted by atomic mass is 10.0. The van der Waals surface area contributed by atoms with Crippen LogP contribution in [0.25, 0.3) is 0 Å². The van der Waals surface area contributed by atoms with E-state index in [2.05, 4.69) is 22.9 Å². The van der Waals surface area contributed by atoms with Crippen molar-refractivity contribution in [3.05, 3.63) is 0 Å². The molecule has 0 aromatic carbocycles. The quantitative estimate of drug-likeness (QED) is 0.0348. The molecule has 0 aromatic heterocycles. The van der Waals surface area contributed by atoms with E-state index in [0.29, 0.717) is 12.8 Å². The minimum Gasteiger partial charge on any atom is -0.756 e. The molecule has 10 nitrogen and oxygen atoms in total. The van der Waals surface area contributed by atoms with E-state index in [1.54, 1.807) is 0 Å². The monoisotopic (exact) mass is 778 g/mol. The van der Waals surface area contributed by atoms with Crippen molar-refractivity contribution in [2.45, 2.75) is 232 Å². The first-order valence-electron chi connectivity index (χ1n) is 22.0. The third-order valence-corrected chi connectivity index (χ3v) is 10.6. The van der Waals surface area contributed by atoms with Crippen LogP contribution in [0.1, 0.15) is 219 Å².